The Balaban J connectivity index is 2.45. The SMILES string of the molecule is Cc1ccccc1OCC(O)CN[C@H](C(N)=O)C(C)(C)C. The van der Waals surface area contributed by atoms with Crippen LogP contribution in [0.15, 0.2) is 24.3 Å². The summed E-state index contributed by atoms with van der Waals surface area (Å²) in [7, 11) is 0. The Morgan fingerprint density at radius 3 is 2.52 bits per heavy atom. The Kier molecular flexibility index (Phi) is 6.18. The molecule has 2 atom stereocenters. The number of ether oxygens (including phenoxy) is 1. The van der Waals surface area contributed by atoms with Gasteiger partial charge in [-0.3, -0.25) is 4.79 Å². The van der Waals surface area contributed by atoms with Gasteiger partial charge in [-0.25, -0.2) is 0 Å². The van der Waals surface area contributed by atoms with Crippen molar-refractivity contribution in [1.29, 1.82) is 0 Å². The lowest BCUT2D eigenvalue weighted by Gasteiger charge is -2.29. The molecule has 1 amide bonds. The Hall–Kier alpha value is -1.59. The third-order valence-electron chi connectivity index (χ3n) is 3.23. The first-order valence-electron chi connectivity index (χ1n) is 7.11. The predicted octanol–water partition coefficient (Wildman–Crippen LogP) is 1.22. The molecule has 0 aliphatic rings. The third kappa shape index (κ3) is 5.73. The molecule has 1 aromatic rings. The molecule has 0 fully saturated rings. The van der Waals surface area contributed by atoms with E-state index in [-0.39, 0.29) is 18.6 Å². The Morgan fingerprint density at radius 1 is 1.38 bits per heavy atom. The fourth-order valence-corrected chi connectivity index (χ4v) is 2.05. The molecule has 5 nitrogen and oxygen atoms in total. The molecule has 0 aromatic heterocycles. The number of aliphatic hydroxyl groups is 1. The largest absolute Gasteiger partial charge is 0.491 e. The quantitative estimate of drug-likeness (QED) is 0.706. The van der Waals surface area contributed by atoms with E-state index < -0.39 is 18.1 Å². The van der Waals surface area contributed by atoms with Crippen molar-refractivity contribution in [3.8, 4) is 5.75 Å². The normalized spacial score (nSPS) is 14.5. The maximum Gasteiger partial charge on any atom is 0.235 e. The minimum absolute atomic E-state index is 0.160. The highest BCUT2D eigenvalue weighted by Gasteiger charge is 2.29. The van der Waals surface area contributed by atoms with Gasteiger partial charge in [-0.2, -0.15) is 0 Å². The van der Waals surface area contributed by atoms with E-state index in [0.717, 1.165) is 11.3 Å². The van der Waals surface area contributed by atoms with E-state index in [1.807, 2.05) is 52.0 Å². The van der Waals surface area contributed by atoms with Crippen molar-refractivity contribution < 1.29 is 14.6 Å². The number of carbonyl (C=O) groups is 1. The Bertz CT molecular complexity index is 469. The van der Waals surface area contributed by atoms with E-state index in [1.54, 1.807) is 0 Å². The van der Waals surface area contributed by atoms with Crippen molar-refractivity contribution in [3.63, 3.8) is 0 Å². The van der Waals surface area contributed by atoms with Gasteiger partial charge in [0.05, 0.1) is 6.04 Å². The van der Waals surface area contributed by atoms with E-state index in [4.69, 9.17) is 10.5 Å². The molecule has 21 heavy (non-hydrogen) atoms. The number of aliphatic hydroxyl groups excluding tert-OH is 1. The minimum Gasteiger partial charge on any atom is -0.491 e. The molecule has 0 aliphatic carbocycles. The van der Waals surface area contributed by atoms with Gasteiger partial charge in [-0.15, -0.1) is 0 Å². The fraction of sp³-hybridized carbons (Fsp3) is 0.562. The zero-order chi connectivity index (χ0) is 16.0. The van der Waals surface area contributed by atoms with Crippen molar-refractivity contribution >= 4 is 5.91 Å². The number of hydrogen-bond donors (Lipinski definition) is 3. The number of amides is 1. The zero-order valence-corrected chi connectivity index (χ0v) is 13.2. The van der Waals surface area contributed by atoms with Gasteiger partial charge in [0.2, 0.25) is 5.91 Å². The van der Waals surface area contributed by atoms with Crippen LogP contribution in [-0.4, -0.2) is 36.3 Å². The molecule has 4 N–H and O–H groups in total. The van der Waals surface area contributed by atoms with Crippen LogP contribution in [0, 0.1) is 12.3 Å². The van der Waals surface area contributed by atoms with Crippen LogP contribution in [0.25, 0.3) is 0 Å². The predicted molar refractivity (Wildman–Crippen MR) is 83.1 cm³/mol. The smallest absolute Gasteiger partial charge is 0.235 e. The van der Waals surface area contributed by atoms with Crippen molar-refractivity contribution in [1.82, 2.24) is 5.32 Å². The molecule has 0 bridgehead atoms. The van der Waals surface area contributed by atoms with Gasteiger partial charge in [0, 0.05) is 6.54 Å². The lowest BCUT2D eigenvalue weighted by atomic mass is 9.86. The summed E-state index contributed by atoms with van der Waals surface area (Å²) < 4.78 is 5.57. The highest BCUT2D eigenvalue weighted by molar-refractivity contribution is 5.80. The van der Waals surface area contributed by atoms with Crippen LogP contribution in [-0.2, 0) is 4.79 Å². The number of nitrogens with two attached hydrogens (primary N) is 1. The first-order valence-corrected chi connectivity index (χ1v) is 7.11. The maximum absolute atomic E-state index is 11.4. The highest BCUT2D eigenvalue weighted by atomic mass is 16.5. The summed E-state index contributed by atoms with van der Waals surface area (Å²) in [5.74, 6) is 0.327. The number of primary amides is 1. The summed E-state index contributed by atoms with van der Waals surface area (Å²) in [6.07, 6.45) is -0.714. The Morgan fingerprint density at radius 2 is 2.00 bits per heavy atom. The lowest BCUT2D eigenvalue weighted by Crippen LogP contribution is -2.52. The highest BCUT2D eigenvalue weighted by Crippen LogP contribution is 2.19. The second-order valence-corrected chi connectivity index (χ2v) is 6.34. The van der Waals surface area contributed by atoms with Crippen molar-refractivity contribution in [2.75, 3.05) is 13.2 Å². The molecule has 5 heteroatoms. The molecule has 0 radical (unpaired) electrons. The molecule has 1 aromatic carbocycles. The average Bonchev–Trinajstić information content (AvgIpc) is 2.36. The number of aryl methyl sites for hydroxylation is 1. The van der Waals surface area contributed by atoms with E-state index in [9.17, 15) is 9.90 Å². The number of rotatable bonds is 7. The zero-order valence-electron chi connectivity index (χ0n) is 13.2. The number of para-hydroxylation sites is 1. The monoisotopic (exact) mass is 294 g/mol. The van der Waals surface area contributed by atoms with Crippen molar-refractivity contribution in [2.45, 2.75) is 39.8 Å². The molecule has 1 rings (SSSR count). The van der Waals surface area contributed by atoms with Gasteiger partial charge in [-0.05, 0) is 24.0 Å². The van der Waals surface area contributed by atoms with Gasteiger partial charge in [0.15, 0.2) is 0 Å². The van der Waals surface area contributed by atoms with E-state index in [0.29, 0.717) is 0 Å². The summed E-state index contributed by atoms with van der Waals surface area (Å²) >= 11 is 0. The maximum atomic E-state index is 11.4. The summed E-state index contributed by atoms with van der Waals surface area (Å²) in [6.45, 7) is 8.12. The van der Waals surface area contributed by atoms with Gasteiger partial charge >= 0.3 is 0 Å². The van der Waals surface area contributed by atoms with E-state index in [1.165, 1.54) is 0 Å². The molecular weight excluding hydrogens is 268 g/mol. The second kappa shape index (κ2) is 7.43. The van der Waals surface area contributed by atoms with E-state index >= 15 is 0 Å². The van der Waals surface area contributed by atoms with Crippen LogP contribution in [0.4, 0.5) is 0 Å². The van der Waals surface area contributed by atoms with Crippen LogP contribution in [0.5, 0.6) is 5.75 Å². The standard InChI is InChI=1S/C16H26N2O3/c1-11-7-5-6-8-13(11)21-10-12(19)9-18-14(15(17)20)16(2,3)4/h5-8,12,14,18-19H,9-10H2,1-4H3,(H2,17,20)/t12?,14-/m1/s1. The first kappa shape index (κ1) is 17.5. The average molecular weight is 294 g/mol. The topological polar surface area (TPSA) is 84.6 Å². The molecule has 0 saturated carbocycles. The summed E-state index contributed by atoms with van der Waals surface area (Å²) in [4.78, 5) is 11.4. The number of carbonyl (C=O) groups excluding carboxylic acids is 1. The summed E-state index contributed by atoms with van der Waals surface area (Å²) in [5.41, 5.74) is 6.09. The summed E-state index contributed by atoms with van der Waals surface area (Å²) in [5, 5.41) is 13.0. The van der Waals surface area contributed by atoms with Crippen LogP contribution >= 0.6 is 0 Å². The van der Waals surface area contributed by atoms with Gasteiger partial charge in [-0.1, -0.05) is 39.0 Å². The molecule has 0 aliphatic heterocycles. The lowest BCUT2D eigenvalue weighted by molar-refractivity contribution is -0.122. The summed E-state index contributed by atoms with van der Waals surface area (Å²) in [6, 6.07) is 7.13. The van der Waals surface area contributed by atoms with Crippen molar-refractivity contribution in [2.24, 2.45) is 11.1 Å². The minimum atomic E-state index is -0.714. The van der Waals surface area contributed by atoms with Gasteiger partial charge in [0.1, 0.15) is 18.5 Å². The molecule has 0 saturated heterocycles. The Labute approximate surface area is 126 Å². The van der Waals surface area contributed by atoms with Crippen LogP contribution in [0.1, 0.15) is 26.3 Å². The number of hydrogen-bond acceptors (Lipinski definition) is 4. The molecule has 0 spiro atoms. The van der Waals surface area contributed by atoms with E-state index in [2.05, 4.69) is 5.32 Å². The second-order valence-electron chi connectivity index (χ2n) is 6.34. The fourth-order valence-electron chi connectivity index (χ4n) is 2.05. The van der Waals surface area contributed by atoms with Gasteiger partial charge in [0.25, 0.3) is 0 Å². The third-order valence-corrected chi connectivity index (χ3v) is 3.23. The number of benzene rings is 1. The van der Waals surface area contributed by atoms with Crippen LogP contribution in [0.3, 0.4) is 0 Å². The first-order chi connectivity index (χ1) is 9.71. The molecule has 118 valence electrons. The van der Waals surface area contributed by atoms with Gasteiger partial charge < -0.3 is 20.9 Å². The number of nitrogens with one attached hydrogen (secondary N) is 1. The van der Waals surface area contributed by atoms with Crippen molar-refractivity contribution in [3.05, 3.63) is 29.8 Å². The molecule has 1 unspecified atom stereocenters. The molecule has 0 heterocycles. The van der Waals surface area contributed by atoms with Crippen LogP contribution in [0.2, 0.25) is 0 Å². The van der Waals surface area contributed by atoms with Crippen LogP contribution < -0.4 is 15.8 Å². The molecular formula is C16H26N2O3.